The van der Waals surface area contributed by atoms with E-state index in [1.165, 1.54) is 6.07 Å². The number of nitrogens with one attached hydrogen (secondary N) is 2. The normalized spacial score (nSPS) is 13.0. The molecule has 0 saturated carbocycles. The Morgan fingerprint density at radius 1 is 1.12 bits per heavy atom. The summed E-state index contributed by atoms with van der Waals surface area (Å²) in [6.07, 6.45) is -4.41. The maximum atomic E-state index is 12.8. The summed E-state index contributed by atoms with van der Waals surface area (Å²) in [5, 5.41) is 3.63. The monoisotopic (exact) mass is 346 g/mol. The first-order chi connectivity index (χ1) is 11.7. The first-order valence-electron chi connectivity index (χ1n) is 7.81. The van der Waals surface area contributed by atoms with Crippen LogP contribution in [0.15, 0.2) is 48.5 Å². The van der Waals surface area contributed by atoms with Crippen molar-refractivity contribution in [3.8, 4) is 0 Å². The molecular formula is C19H17F3N2O. The summed E-state index contributed by atoms with van der Waals surface area (Å²) < 4.78 is 38.5. The van der Waals surface area contributed by atoms with E-state index in [-0.39, 0.29) is 5.91 Å². The highest BCUT2D eigenvalue weighted by molar-refractivity contribution is 5.98. The second-order valence-electron chi connectivity index (χ2n) is 6.09. The van der Waals surface area contributed by atoms with E-state index in [0.29, 0.717) is 11.3 Å². The van der Waals surface area contributed by atoms with Crippen LogP contribution in [0, 0.1) is 6.92 Å². The predicted molar refractivity (Wildman–Crippen MR) is 90.4 cm³/mol. The van der Waals surface area contributed by atoms with Crippen LogP contribution in [0.3, 0.4) is 0 Å². The Labute approximate surface area is 142 Å². The van der Waals surface area contributed by atoms with Gasteiger partial charge in [0.25, 0.3) is 5.91 Å². The van der Waals surface area contributed by atoms with Crippen molar-refractivity contribution in [3.63, 3.8) is 0 Å². The molecule has 1 unspecified atom stereocenters. The van der Waals surface area contributed by atoms with Crippen molar-refractivity contribution in [2.24, 2.45) is 0 Å². The third-order valence-corrected chi connectivity index (χ3v) is 4.08. The molecule has 1 amide bonds. The fourth-order valence-corrected chi connectivity index (χ4v) is 2.71. The number of alkyl halides is 3. The zero-order valence-electron chi connectivity index (χ0n) is 13.7. The Hall–Kier alpha value is -2.76. The number of hydrogen-bond acceptors (Lipinski definition) is 1. The third kappa shape index (κ3) is 3.68. The van der Waals surface area contributed by atoms with Gasteiger partial charge in [0.1, 0.15) is 5.69 Å². The van der Waals surface area contributed by atoms with Gasteiger partial charge in [0.15, 0.2) is 0 Å². The number of amides is 1. The number of benzene rings is 2. The molecule has 3 rings (SSSR count). The number of halogens is 3. The van der Waals surface area contributed by atoms with Crippen LogP contribution in [0.25, 0.3) is 10.9 Å². The molecule has 0 bridgehead atoms. The molecule has 25 heavy (non-hydrogen) atoms. The highest BCUT2D eigenvalue weighted by Gasteiger charge is 2.30. The lowest BCUT2D eigenvalue weighted by atomic mass is 10.0. The molecule has 1 aromatic heterocycles. The molecule has 0 saturated heterocycles. The molecule has 0 spiro atoms. The molecule has 1 heterocycles. The smallest absolute Gasteiger partial charge is 0.351 e. The number of aryl methyl sites for hydroxylation is 1. The molecule has 0 fully saturated rings. The van der Waals surface area contributed by atoms with Crippen LogP contribution in [-0.4, -0.2) is 10.9 Å². The molecule has 0 aliphatic carbocycles. The van der Waals surface area contributed by atoms with Crippen LogP contribution in [0.2, 0.25) is 0 Å². The van der Waals surface area contributed by atoms with Gasteiger partial charge in [-0.25, -0.2) is 0 Å². The molecule has 2 N–H and O–H groups in total. The molecule has 6 heteroatoms. The van der Waals surface area contributed by atoms with E-state index in [2.05, 4.69) is 10.3 Å². The number of rotatable bonds is 3. The standard InChI is InChI=1S/C19H17F3N2O/c1-11-6-7-14-10-17(24-16(14)8-11)18(25)23-12(2)13-4-3-5-15(9-13)19(20,21)22/h3-10,12,24H,1-2H3,(H,23,25). The van der Waals surface area contributed by atoms with Gasteiger partial charge in [0.2, 0.25) is 0 Å². The van der Waals surface area contributed by atoms with Crippen LogP contribution < -0.4 is 5.32 Å². The molecule has 1 atom stereocenters. The quantitative estimate of drug-likeness (QED) is 0.690. The first-order valence-corrected chi connectivity index (χ1v) is 7.81. The fourth-order valence-electron chi connectivity index (χ4n) is 2.71. The zero-order valence-corrected chi connectivity index (χ0v) is 13.7. The second kappa shape index (κ2) is 6.27. The zero-order chi connectivity index (χ0) is 18.2. The van der Waals surface area contributed by atoms with Gasteiger partial charge in [-0.1, -0.05) is 24.3 Å². The van der Waals surface area contributed by atoms with E-state index in [1.807, 2.05) is 25.1 Å². The van der Waals surface area contributed by atoms with Crippen LogP contribution in [0.4, 0.5) is 13.2 Å². The molecular weight excluding hydrogens is 329 g/mol. The number of hydrogen-bond donors (Lipinski definition) is 2. The van der Waals surface area contributed by atoms with E-state index in [1.54, 1.807) is 19.1 Å². The lowest BCUT2D eigenvalue weighted by Gasteiger charge is -2.15. The van der Waals surface area contributed by atoms with Gasteiger partial charge in [-0.15, -0.1) is 0 Å². The van der Waals surface area contributed by atoms with Crippen molar-refractivity contribution in [1.82, 2.24) is 10.3 Å². The van der Waals surface area contributed by atoms with Crippen molar-refractivity contribution >= 4 is 16.8 Å². The summed E-state index contributed by atoms with van der Waals surface area (Å²) in [5.41, 5.74) is 1.96. The molecule has 0 aliphatic heterocycles. The van der Waals surface area contributed by atoms with Crippen molar-refractivity contribution in [2.75, 3.05) is 0 Å². The van der Waals surface area contributed by atoms with E-state index in [4.69, 9.17) is 0 Å². The van der Waals surface area contributed by atoms with Crippen molar-refractivity contribution < 1.29 is 18.0 Å². The molecule has 3 nitrogen and oxygen atoms in total. The van der Waals surface area contributed by atoms with Crippen LogP contribution in [-0.2, 0) is 6.18 Å². The molecule has 0 radical (unpaired) electrons. The Balaban J connectivity index is 1.80. The second-order valence-corrected chi connectivity index (χ2v) is 6.09. The summed E-state index contributed by atoms with van der Waals surface area (Å²) in [5.74, 6) is -0.362. The molecule has 130 valence electrons. The Morgan fingerprint density at radius 2 is 1.88 bits per heavy atom. The summed E-state index contributed by atoms with van der Waals surface area (Å²) >= 11 is 0. The van der Waals surface area contributed by atoms with Gasteiger partial charge >= 0.3 is 6.18 Å². The summed E-state index contributed by atoms with van der Waals surface area (Å²) in [4.78, 5) is 15.4. The number of fused-ring (bicyclic) bond motifs is 1. The largest absolute Gasteiger partial charge is 0.416 e. The number of aromatic amines is 1. The average molecular weight is 346 g/mol. The van der Waals surface area contributed by atoms with E-state index < -0.39 is 17.8 Å². The van der Waals surface area contributed by atoms with Crippen LogP contribution in [0.1, 0.15) is 40.1 Å². The third-order valence-electron chi connectivity index (χ3n) is 4.08. The van der Waals surface area contributed by atoms with E-state index >= 15 is 0 Å². The minimum absolute atomic E-state index is 0.362. The minimum atomic E-state index is -4.41. The predicted octanol–water partition coefficient (Wildman–Crippen LogP) is 4.99. The maximum Gasteiger partial charge on any atom is 0.416 e. The number of carbonyl (C=O) groups is 1. The Morgan fingerprint density at radius 3 is 2.60 bits per heavy atom. The summed E-state index contributed by atoms with van der Waals surface area (Å²) in [6, 6.07) is 11.9. The van der Waals surface area contributed by atoms with Gasteiger partial charge in [-0.05, 0) is 49.2 Å². The lowest BCUT2D eigenvalue weighted by molar-refractivity contribution is -0.137. The topological polar surface area (TPSA) is 44.9 Å². The Kier molecular flexibility index (Phi) is 4.29. The van der Waals surface area contributed by atoms with Crippen molar-refractivity contribution in [3.05, 3.63) is 70.9 Å². The average Bonchev–Trinajstić information content (AvgIpc) is 2.97. The van der Waals surface area contributed by atoms with Crippen molar-refractivity contribution in [2.45, 2.75) is 26.1 Å². The van der Waals surface area contributed by atoms with Gasteiger partial charge in [0.05, 0.1) is 11.6 Å². The lowest BCUT2D eigenvalue weighted by Crippen LogP contribution is -2.27. The number of aromatic nitrogens is 1. The first kappa shape index (κ1) is 17.1. The van der Waals surface area contributed by atoms with Crippen LogP contribution >= 0.6 is 0 Å². The number of carbonyl (C=O) groups excluding carboxylic acids is 1. The van der Waals surface area contributed by atoms with E-state index in [0.717, 1.165) is 28.6 Å². The molecule has 3 aromatic rings. The van der Waals surface area contributed by atoms with Gasteiger partial charge in [0, 0.05) is 10.9 Å². The van der Waals surface area contributed by atoms with E-state index in [9.17, 15) is 18.0 Å². The van der Waals surface area contributed by atoms with Gasteiger partial charge in [-0.2, -0.15) is 13.2 Å². The number of H-pyrrole nitrogens is 1. The summed E-state index contributed by atoms with van der Waals surface area (Å²) in [7, 11) is 0. The van der Waals surface area contributed by atoms with Crippen LogP contribution in [0.5, 0.6) is 0 Å². The molecule has 2 aromatic carbocycles. The van der Waals surface area contributed by atoms with Crippen molar-refractivity contribution in [1.29, 1.82) is 0 Å². The SMILES string of the molecule is Cc1ccc2cc(C(=O)NC(C)c3cccc(C(F)(F)F)c3)[nH]c2c1. The minimum Gasteiger partial charge on any atom is -0.351 e. The van der Waals surface area contributed by atoms with Gasteiger partial charge < -0.3 is 10.3 Å². The molecule has 0 aliphatic rings. The fraction of sp³-hybridized carbons (Fsp3) is 0.211. The van der Waals surface area contributed by atoms with Gasteiger partial charge in [-0.3, -0.25) is 4.79 Å². The highest BCUT2D eigenvalue weighted by atomic mass is 19.4. The maximum absolute atomic E-state index is 12.8. The highest BCUT2D eigenvalue weighted by Crippen LogP contribution is 2.30. The summed E-state index contributed by atoms with van der Waals surface area (Å²) in [6.45, 7) is 3.61. The Bertz CT molecular complexity index is 928.